The van der Waals surface area contributed by atoms with E-state index in [2.05, 4.69) is 15.3 Å². The smallest absolute Gasteiger partial charge is 0.262 e. The number of carbonyl (C=O) groups is 1. The summed E-state index contributed by atoms with van der Waals surface area (Å²) >= 11 is 6.34. The average molecular weight is 380 g/mol. The predicted molar refractivity (Wildman–Crippen MR) is 103 cm³/mol. The summed E-state index contributed by atoms with van der Waals surface area (Å²) in [5.74, 6) is 0.721. The van der Waals surface area contributed by atoms with Crippen molar-refractivity contribution in [2.75, 3.05) is 11.9 Å². The summed E-state index contributed by atoms with van der Waals surface area (Å²) in [5, 5.41) is 3.15. The summed E-state index contributed by atoms with van der Waals surface area (Å²) in [6, 6.07) is 17.8. The first-order valence-electron chi connectivity index (χ1n) is 8.18. The van der Waals surface area contributed by atoms with Gasteiger partial charge in [-0.3, -0.25) is 4.79 Å². The second-order valence-electron chi connectivity index (χ2n) is 5.69. The van der Waals surface area contributed by atoms with E-state index in [0.717, 1.165) is 0 Å². The van der Waals surface area contributed by atoms with Crippen molar-refractivity contribution in [2.45, 2.75) is 0 Å². The standard InChI is InChI=1S/C20H14ClN3O3/c21-16-11-13(23-18(25)12-26-14-5-2-1-3-6-14)8-9-15(16)20-24-19-17(27-20)7-4-10-22-19/h1-11H,12H2,(H,23,25). The van der Waals surface area contributed by atoms with Crippen LogP contribution in [0, 0.1) is 0 Å². The van der Waals surface area contributed by atoms with Gasteiger partial charge in [0.05, 0.1) is 10.6 Å². The van der Waals surface area contributed by atoms with E-state index in [9.17, 15) is 4.79 Å². The van der Waals surface area contributed by atoms with E-state index in [0.29, 0.717) is 39.1 Å². The monoisotopic (exact) mass is 379 g/mol. The Labute approximate surface area is 159 Å². The lowest BCUT2D eigenvalue weighted by molar-refractivity contribution is -0.118. The van der Waals surface area contributed by atoms with Crippen LogP contribution in [0.4, 0.5) is 5.69 Å². The third-order valence-electron chi connectivity index (χ3n) is 3.76. The first-order chi connectivity index (χ1) is 13.2. The van der Waals surface area contributed by atoms with Crippen molar-refractivity contribution in [1.82, 2.24) is 9.97 Å². The lowest BCUT2D eigenvalue weighted by Crippen LogP contribution is -2.20. The molecule has 2 heterocycles. The molecule has 0 aliphatic rings. The molecule has 4 rings (SSSR count). The topological polar surface area (TPSA) is 77.2 Å². The minimum absolute atomic E-state index is 0.0970. The van der Waals surface area contributed by atoms with Crippen LogP contribution < -0.4 is 10.1 Å². The molecule has 0 saturated carbocycles. The van der Waals surface area contributed by atoms with Crippen molar-refractivity contribution in [3.8, 4) is 17.2 Å². The molecular weight excluding hydrogens is 366 g/mol. The normalized spacial score (nSPS) is 10.7. The molecule has 134 valence electrons. The molecule has 1 amide bonds. The fourth-order valence-electron chi connectivity index (χ4n) is 2.51. The second kappa shape index (κ2) is 7.47. The number of amides is 1. The number of rotatable bonds is 5. The summed E-state index contributed by atoms with van der Waals surface area (Å²) in [6.45, 7) is -0.0970. The highest BCUT2D eigenvalue weighted by atomic mass is 35.5. The number of hydrogen-bond donors (Lipinski definition) is 1. The van der Waals surface area contributed by atoms with Crippen LogP contribution in [0.2, 0.25) is 5.02 Å². The van der Waals surface area contributed by atoms with E-state index >= 15 is 0 Å². The lowest BCUT2D eigenvalue weighted by Gasteiger charge is -2.08. The molecule has 6 nitrogen and oxygen atoms in total. The van der Waals surface area contributed by atoms with Crippen LogP contribution >= 0.6 is 11.6 Å². The number of halogens is 1. The van der Waals surface area contributed by atoms with E-state index < -0.39 is 0 Å². The molecule has 0 spiro atoms. The SMILES string of the molecule is O=C(COc1ccccc1)Nc1ccc(-c2nc3ncccc3o2)c(Cl)c1. The number of nitrogens with one attached hydrogen (secondary N) is 1. The number of aromatic nitrogens is 2. The zero-order valence-corrected chi connectivity index (χ0v) is 14.8. The Bertz CT molecular complexity index is 1060. The Hall–Kier alpha value is -3.38. The van der Waals surface area contributed by atoms with Crippen LogP contribution in [-0.2, 0) is 4.79 Å². The van der Waals surface area contributed by atoms with Crippen molar-refractivity contribution < 1.29 is 13.9 Å². The van der Waals surface area contributed by atoms with Crippen LogP contribution in [0.25, 0.3) is 22.7 Å². The van der Waals surface area contributed by atoms with Crippen LogP contribution in [0.3, 0.4) is 0 Å². The van der Waals surface area contributed by atoms with Gasteiger partial charge in [0.25, 0.3) is 5.91 Å². The Kier molecular flexibility index (Phi) is 4.72. The minimum atomic E-state index is -0.284. The number of oxazole rings is 1. The lowest BCUT2D eigenvalue weighted by atomic mass is 10.2. The summed E-state index contributed by atoms with van der Waals surface area (Å²) in [5.41, 5.74) is 2.27. The molecule has 0 bridgehead atoms. The number of nitrogens with zero attached hydrogens (tertiary/aromatic N) is 2. The molecule has 0 radical (unpaired) electrons. The van der Waals surface area contributed by atoms with E-state index in [-0.39, 0.29) is 12.5 Å². The molecule has 1 N–H and O–H groups in total. The highest BCUT2D eigenvalue weighted by Gasteiger charge is 2.13. The number of para-hydroxylation sites is 1. The Morgan fingerprint density at radius 3 is 2.74 bits per heavy atom. The minimum Gasteiger partial charge on any atom is -0.484 e. The zero-order chi connectivity index (χ0) is 18.6. The highest BCUT2D eigenvalue weighted by Crippen LogP contribution is 2.31. The third kappa shape index (κ3) is 3.91. The van der Waals surface area contributed by atoms with E-state index in [1.54, 1.807) is 48.7 Å². The quantitative estimate of drug-likeness (QED) is 0.550. The van der Waals surface area contributed by atoms with Gasteiger partial charge in [-0.1, -0.05) is 29.8 Å². The number of ether oxygens (including phenoxy) is 1. The Morgan fingerprint density at radius 2 is 1.96 bits per heavy atom. The van der Waals surface area contributed by atoms with Gasteiger partial charge in [-0.25, -0.2) is 4.98 Å². The maximum atomic E-state index is 12.1. The molecule has 4 aromatic rings. The van der Waals surface area contributed by atoms with Gasteiger partial charge in [-0.15, -0.1) is 0 Å². The van der Waals surface area contributed by atoms with Crippen molar-refractivity contribution in [1.29, 1.82) is 0 Å². The summed E-state index contributed by atoms with van der Waals surface area (Å²) in [4.78, 5) is 20.5. The maximum Gasteiger partial charge on any atom is 0.262 e. The first kappa shape index (κ1) is 17.1. The Balaban J connectivity index is 1.45. The predicted octanol–water partition coefficient (Wildman–Crippen LogP) is 4.56. The molecule has 0 saturated heterocycles. The number of carbonyl (C=O) groups excluding carboxylic acids is 1. The second-order valence-corrected chi connectivity index (χ2v) is 6.10. The molecule has 0 atom stereocenters. The van der Waals surface area contributed by atoms with Gasteiger partial charge in [0.15, 0.2) is 17.8 Å². The van der Waals surface area contributed by atoms with E-state index in [4.69, 9.17) is 20.8 Å². The van der Waals surface area contributed by atoms with Gasteiger partial charge in [-0.05, 0) is 42.5 Å². The van der Waals surface area contributed by atoms with Crippen LogP contribution in [0.5, 0.6) is 5.75 Å². The molecule has 2 aromatic heterocycles. The van der Waals surface area contributed by atoms with Gasteiger partial charge >= 0.3 is 0 Å². The number of benzene rings is 2. The summed E-state index contributed by atoms with van der Waals surface area (Å²) < 4.78 is 11.1. The molecule has 0 fully saturated rings. The van der Waals surface area contributed by atoms with Gasteiger partial charge in [0.1, 0.15) is 5.75 Å². The maximum absolute atomic E-state index is 12.1. The van der Waals surface area contributed by atoms with Crippen LogP contribution in [0.1, 0.15) is 0 Å². The number of anilines is 1. The average Bonchev–Trinajstić information content (AvgIpc) is 3.11. The van der Waals surface area contributed by atoms with E-state index in [1.807, 2.05) is 18.2 Å². The largest absolute Gasteiger partial charge is 0.484 e. The third-order valence-corrected chi connectivity index (χ3v) is 4.07. The molecule has 0 unspecified atom stereocenters. The van der Waals surface area contributed by atoms with Crippen LogP contribution in [-0.4, -0.2) is 22.5 Å². The number of fused-ring (bicyclic) bond motifs is 1. The number of hydrogen-bond acceptors (Lipinski definition) is 5. The van der Waals surface area contributed by atoms with Crippen molar-refractivity contribution in [3.05, 3.63) is 71.9 Å². The fourth-order valence-corrected chi connectivity index (χ4v) is 2.77. The first-order valence-corrected chi connectivity index (χ1v) is 8.56. The molecule has 0 aliphatic carbocycles. The highest BCUT2D eigenvalue weighted by molar-refractivity contribution is 6.33. The molecular formula is C20H14ClN3O3. The summed E-state index contributed by atoms with van der Waals surface area (Å²) in [7, 11) is 0. The van der Waals surface area contributed by atoms with Gasteiger partial charge in [0, 0.05) is 11.9 Å². The van der Waals surface area contributed by atoms with Gasteiger partial charge in [-0.2, -0.15) is 4.98 Å². The fraction of sp³-hybridized carbons (Fsp3) is 0.0500. The van der Waals surface area contributed by atoms with Crippen molar-refractivity contribution >= 4 is 34.4 Å². The molecule has 0 aliphatic heterocycles. The van der Waals surface area contributed by atoms with Crippen molar-refractivity contribution in [3.63, 3.8) is 0 Å². The summed E-state index contributed by atoms with van der Waals surface area (Å²) in [6.07, 6.45) is 1.65. The van der Waals surface area contributed by atoms with E-state index in [1.165, 1.54) is 0 Å². The number of pyridine rings is 1. The zero-order valence-electron chi connectivity index (χ0n) is 14.1. The van der Waals surface area contributed by atoms with Gasteiger partial charge in [0.2, 0.25) is 5.89 Å². The van der Waals surface area contributed by atoms with Crippen LogP contribution in [0.15, 0.2) is 71.3 Å². The molecule has 7 heteroatoms. The van der Waals surface area contributed by atoms with Crippen molar-refractivity contribution in [2.24, 2.45) is 0 Å². The molecule has 27 heavy (non-hydrogen) atoms. The Morgan fingerprint density at radius 1 is 1.11 bits per heavy atom. The molecule has 2 aromatic carbocycles. The van der Waals surface area contributed by atoms with Gasteiger partial charge < -0.3 is 14.5 Å².